The maximum absolute atomic E-state index is 9.43. The van der Waals surface area contributed by atoms with Crippen LogP contribution in [0.3, 0.4) is 0 Å². The number of hydrogen-bond acceptors (Lipinski definition) is 1. The molecule has 45 heavy (non-hydrogen) atoms. The molecule has 0 radical (unpaired) electrons. The number of rotatable bonds is 4. The van der Waals surface area contributed by atoms with Gasteiger partial charge in [-0.05, 0) is 90.2 Å². The third-order valence-electron chi connectivity index (χ3n) is 8.26. The summed E-state index contributed by atoms with van der Waals surface area (Å²) >= 11 is 0. The Labute approximate surface area is 277 Å². The third kappa shape index (κ3) is 4.17. The maximum atomic E-state index is 9.43. The second-order valence-electron chi connectivity index (χ2n) is 10.8. The van der Waals surface area contributed by atoms with E-state index in [1.54, 1.807) is 0 Å². The molecule has 9 aromatic rings. The summed E-state index contributed by atoms with van der Waals surface area (Å²) in [6, 6.07) is 27.9. The molecular weight excluding hydrogens is 544 g/mol. The predicted octanol–water partition coefficient (Wildman–Crippen LogP) is 12.6. The van der Waals surface area contributed by atoms with Crippen molar-refractivity contribution in [2.75, 3.05) is 0 Å². The van der Waals surface area contributed by atoms with Crippen LogP contribution in [0.25, 0.3) is 88.0 Å². The quantitative estimate of drug-likeness (QED) is 0.188. The summed E-state index contributed by atoms with van der Waals surface area (Å²) in [5, 5.41) is 3.23. The lowest BCUT2D eigenvalue weighted by atomic mass is 9.84. The summed E-state index contributed by atoms with van der Waals surface area (Å²) in [6.07, 6.45) is 0. The van der Waals surface area contributed by atoms with Crippen LogP contribution in [-0.2, 0) is 0 Å². The van der Waals surface area contributed by atoms with E-state index in [1.807, 2.05) is 72.8 Å². The summed E-state index contributed by atoms with van der Waals surface area (Å²) in [4.78, 5) is 0. The van der Waals surface area contributed by atoms with Gasteiger partial charge in [0.1, 0.15) is 11.2 Å². The summed E-state index contributed by atoms with van der Waals surface area (Å²) in [7, 11) is 0. The third-order valence-corrected chi connectivity index (χ3v) is 8.26. The molecule has 0 N–H and O–H groups in total. The number of fused-ring (bicyclic) bond motifs is 5. The van der Waals surface area contributed by atoms with E-state index in [9.17, 15) is 4.11 Å². The van der Waals surface area contributed by atoms with Crippen LogP contribution in [0.4, 0.5) is 0 Å². The standard InChI is InChI=1S/C44H28O/c1-3-13-29(14-4-1)31-17-11-18-33(27-31)42-34-19-7-9-21-36(34)43(37-22-10-8-20-35(37)42)39-23-12-24-40-44(39)38-26-25-32(28-41(38)45-40)30-15-5-2-6-16-30/h1-28H/i2D,5D,6D,12D,15D,16D,23D,24D,25D,26D,28D. The summed E-state index contributed by atoms with van der Waals surface area (Å²) < 4.78 is 103. The molecule has 1 heterocycles. The molecule has 0 bridgehead atoms. The molecule has 0 fully saturated rings. The van der Waals surface area contributed by atoms with Crippen molar-refractivity contribution in [3.05, 3.63) is 170 Å². The van der Waals surface area contributed by atoms with E-state index >= 15 is 0 Å². The van der Waals surface area contributed by atoms with Gasteiger partial charge in [-0.1, -0.05) is 145 Å². The van der Waals surface area contributed by atoms with Crippen LogP contribution in [-0.4, -0.2) is 0 Å². The monoisotopic (exact) mass is 583 g/mol. The summed E-state index contributed by atoms with van der Waals surface area (Å²) in [5.41, 5.74) is 3.53. The lowest BCUT2D eigenvalue weighted by molar-refractivity contribution is 0.669. The van der Waals surface area contributed by atoms with Crippen molar-refractivity contribution in [3.63, 3.8) is 0 Å². The van der Waals surface area contributed by atoms with Gasteiger partial charge in [-0.25, -0.2) is 0 Å². The van der Waals surface area contributed by atoms with Crippen LogP contribution in [0.15, 0.2) is 174 Å². The van der Waals surface area contributed by atoms with E-state index in [-0.39, 0.29) is 39.1 Å². The summed E-state index contributed by atoms with van der Waals surface area (Å²) in [6.45, 7) is 0. The lowest BCUT2D eigenvalue weighted by Crippen LogP contribution is -1.91. The SMILES string of the molecule is [2H]c1c([2H])c([2H])c(-c2c([2H])c([2H])c3c(oc4c([2H])c([2H])c([2H])c(-c5c6ccccc6c(-c6cccc(-c7ccccc7)c6)c6ccccc56)c43)c2[2H])c([2H])c1[2H]. The Bertz CT molecular complexity index is 3070. The Balaban J connectivity index is 1.42. The molecule has 0 aliphatic rings. The molecule has 0 aliphatic carbocycles. The Hall–Kier alpha value is -5.92. The Morgan fingerprint density at radius 1 is 0.400 bits per heavy atom. The molecule has 0 unspecified atom stereocenters. The van der Waals surface area contributed by atoms with Gasteiger partial charge in [-0.15, -0.1) is 0 Å². The van der Waals surface area contributed by atoms with E-state index in [0.717, 1.165) is 43.8 Å². The minimum Gasteiger partial charge on any atom is -0.456 e. The maximum Gasteiger partial charge on any atom is 0.136 e. The van der Waals surface area contributed by atoms with E-state index < -0.39 is 66.0 Å². The molecule has 0 aliphatic heterocycles. The van der Waals surface area contributed by atoms with E-state index in [1.165, 1.54) is 0 Å². The molecule has 0 saturated heterocycles. The Morgan fingerprint density at radius 2 is 1.04 bits per heavy atom. The molecule has 0 amide bonds. The average molecular weight is 584 g/mol. The minimum atomic E-state index is -0.654. The van der Waals surface area contributed by atoms with Gasteiger partial charge in [0.25, 0.3) is 0 Å². The summed E-state index contributed by atoms with van der Waals surface area (Å²) in [5.74, 6) is 0. The molecule has 0 atom stereocenters. The molecule has 1 heteroatoms. The first-order valence-corrected chi connectivity index (χ1v) is 14.5. The highest BCUT2D eigenvalue weighted by atomic mass is 16.3. The first-order chi connectivity index (χ1) is 26.9. The van der Waals surface area contributed by atoms with Crippen LogP contribution >= 0.6 is 0 Å². The van der Waals surface area contributed by atoms with Gasteiger partial charge >= 0.3 is 0 Å². The zero-order valence-corrected chi connectivity index (χ0v) is 23.7. The van der Waals surface area contributed by atoms with Crippen molar-refractivity contribution in [2.45, 2.75) is 0 Å². The van der Waals surface area contributed by atoms with E-state index in [2.05, 4.69) is 30.3 Å². The highest BCUT2D eigenvalue weighted by molar-refractivity contribution is 6.25. The number of hydrogen-bond donors (Lipinski definition) is 0. The second-order valence-corrected chi connectivity index (χ2v) is 10.8. The molecular formula is C44H28O. The Morgan fingerprint density at radius 3 is 1.78 bits per heavy atom. The number of benzene rings is 8. The molecule has 0 saturated carbocycles. The van der Waals surface area contributed by atoms with Gasteiger partial charge in [-0.3, -0.25) is 0 Å². The van der Waals surface area contributed by atoms with Gasteiger partial charge in [0.15, 0.2) is 0 Å². The highest BCUT2D eigenvalue weighted by Gasteiger charge is 2.20. The topological polar surface area (TPSA) is 13.1 Å². The first kappa shape index (κ1) is 16.8. The van der Waals surface area contributed by atoms with E-state index in [0.29, 0.717) is 5.56 Å². The van der Waals surface area contributed by atoms with Crippen LogP contribution in [0.1, 0.15) is 15.1 Å². The molecule has 0 spiro atoms. The molecule has 1 nitrogen and oxygen atoms in total. The fraction of sp³-hybridized carbons (Fsp3) is 0. The molecule has 1 aromatic heterocycles. The van der Waals surface area contributed by atoms with Gasteiger partial charge < -0.3 is 4.42 Å². The van der Waals surface area contributed by atoms with Crippen molar-refractivity contribution in [3.8, 4) is 44.5 Å². The zero-order valence-electron chi connectivity index (χ0n) is 34.7. The van der Waals surface area contributed by atoms with Gasteiger partial charge in [0, 0.05) is 10.8 Å². The zero-order chi connectivity index (χ0) is 39.3. The average Bonchev–Trinajstić information content (AvgIpc) is 3.63. The van der Waals surface area contributed by atoms with Crippen LogP contribution in [0.2, 0.25) is 0 Å². The molecule has 8 aromatic carbocycles. The first-order valence-electron chi connectivity index (χ1n) is 20.0. The normalized spacial score (nSPS) is 15.0. The second kappa shape index (κ2) is 10.4. The smallest absolute Gasteiger partial charge is 0.136 e. The van der Waals surface area contributed by atoms with Crippen LogP contribution < -0.4 is 0 Å². The predicted molar refractivity (Wildman–Crippen MR) is 190 cm³/mol. The number of furan rings is 1. The van der Waals surface area contributed by atoms with Gasteiger partial charge in [-0.2, -0.15) is 0 Å². The van der Waals surface area contributed by atoms with Crippen molar-refractivity contribution >= 4 is 43.5 Å². The van der Waals surface area contributed by atoms with Crippen molar-refractivity contribution in [2.24, 2.45) is 0 Å². The fourth-order valence-electron chi connectivity index (χ4n) is 6.33. The Kier molecular flexibility index (Phi) is 3.87. The van der Waals surface area contributed by atoms with E-state index in [4.69, 9.17) is 15.4 Å². The molecule has 210 valence electrons. The van der Waals surface area contributed by atoms with Crippen molar-refractivity contribution in [1.82, 2.24) is 0 Å². The van der Waals surface area contributed by atoms with Crippen molar-refractivity contribution < 1.29 is 19.5 Å². The van der Waals surface area contributed by atoms with Crippen LogP contribution in [0, 0.1) is 0 Å². The lowest BCUT2D eigenvalue weighted by Gasteiger charge is -2.18. The van der Waals surface area contributed by atoms with Crippen LogP contribution in [0.5, 0.6) is 0 Å². The largest absolute Gasteiger partial charge is 0.456 e. The van der Waals surface area contributed by atoms with Gasteiger partial charge in [0.05, 0.1) is 15.1 Å². The van der Waals surface area contributed by atoms with Gasteiger partial charge in [0.2, 0.25) is 0 Å². The minimum absolute atomic E-state index is 0.0454. The molecule has 9 rings (SSSR count). The van der Waals surface area contributed by atoms with Crippen molar-refractivity contribution in [1.29, 1.82) is 0 Å². The highest BCUT2D eigenvalue weighted by Crippen LogP contribution is 2.47. The fourth-order valence-corrected chi connectivity index (χ4v) is 6.33.